The summed E-state index contributed by atoms with van der Waals surface area (Å²) in [5, 5.41) is 51.0. The van der Waals surface area contributed by atoms with Crippen molar-refractivity contribution in [2.75, 3.05) is 92.0 Å². The zero-order valence-electron chi connectivity index (χ0n) is 32.4. The summed E-state index contributed by atoms with van der Waals surface area (Å²) >= 11 is 0. The minimum Gasteiger partial charge on any atom is -0.460 e. The maximum atomic E-state index is 12.4. The molecule has 11 heteroatoms. The summed E-state index contributed by atoms with van der Waals surface area (Å²) in [5.74, 6) is -0.512. The van der Waals surface area contributed by atoms with Crippen LogP contribution >= 0.6 is 0 Å². The summed E-state index contributed by atoms with van der Waals surface area (Å²) in [6.45, 7) is 6.11. The van der Waals surface area contributed by atoms with Crippen LogP contribution in [0.15, 0.2) is 0 Å². The van der Waals surface area contributed by atoms with Crippen molar-refractivity contribution >= 4 is 11.9 Å². The van der Waals surface area contributed by atoms with Gasteiger partial charge in [0.05, 0.1) is 26.4 Å². The molecule has 0 bridgehead atoms. The highest BCUT2D eigenvalue weighted by Gasteiger charge is 2.36. The van der Waals surface area contributed by atoms with Gasteiger partial charge in [-0.05, 0) is 12.8 Å². The second kappa shape index (κ2) is 33.5. The number of unbranched alkanes of at least 4 members (excludes halogenated alkanes) is 16. The van der Waals surface area contributed by atoms with Gasteiger partial charge in [-0.1, -0.05) is 117 Å². The van der Waals surface area contributed by atoms with Crippen LogP contribution in [0.1, 0.15) is 142 Å². The van der Waals surface area contributed by atoms with Crippen molar-refractivity contribution in [2.24, 2.45) is 0 Å². The Bertz CT molecular complexity index is 713. The molecule has 11 nitrogen and oxygen atoms in total. The first kappa shape index (κ1) is 48.7. The van der Waals surface area contributed by atoms with Crippen molar-refractivity contribution in [1.82, 2.24) is 0 Å². The lowest BCUT2D eigenvalue weighted by Gasteiger charge is -2.43. The maximum Gasteiger partial charge on any atom is 0.305 e. The van der Waals surface area contributed by atoms with Gasteiger partial charge in [0.2, 0.25) is 0 Å². The quantitative estimate of drug-likeness (QED) is 0.0341. The second-order valence-corrected chi connectivity index (χ2v) is 14.5. The number of aliphatic hydroxyl groups excluding tert-OH is 5. The van der Waals surface area contributed by atoms with Crippen molar-refractivity contribution in [3.05, 3.63) is 0 Å². The van der Waals surface area contributed by atoms with E-state index in [4.69, 9.17) is 9.47 Å². The Morgan fingerprint density at radius 2 is 0.740 bits per heavy atom. The van der Waals surface area contributed by atoms with Crippen LogP contribution in [-0.4, -0.2) is 145 Å². The number of ether oxygens (including phenoxy) is 2. The van der Waals surface area contributed by atoms with Gasteiger partial charge in [0.1, 0.15) is 65.6 Å². The smallest absolute Gasteiger partial charge is 0.305 e. The number of hydrogen-bond donors (Lipinski definition) is 5. The number of aliphatic hydroxyl groups is 5. The SMILES string of the molecule is CCCCCCCCCCCC(=O)OCC[N+](CCO)(CCO)CC(O)C[N+](CCO)(CCO)CCOC(=O)CCCCCCCCCCC. The highest BCUT2D eigenvalue weighted by molar-refractivity contribution is 5.69. The minimum absolute atomic E-state index is 0.116. The standard InChI is InChI=1S/C39H80N2O9/c1-3-5-7-9-11-13-15-17-19-21-38(47)49-33-27-40(23-29-42,24-30-43)35-37(46)36-41(25-31-44,26-32-45)28-34-50-39(48)22-20-18-16-14-12-10-8-6-4-2/h37,42-46H,3-36H2,1-2H3/q+2. The summed E-state index contributed by atoms with van der Waals surface area (Å²) in [6, 6.07) is 0. The normalized spacial score (nSPS) is 12.2. The largest absolute Gasteiger partial charge is 0.460 e. The molecule has 0 aromatic carbocycles. The Balaban J connectivity index is 4.88. The summed E-state index contributed by atoms with van der Waals surface area (Å²) in [6.07, 6.45) is 20.8. The molecule has 0 saturated heterocycles. The van der Waals surface area contributed by atoms with E-state index in [-0.39, 0.29) is 99.8 Å². The molecule has 0 radical (unpaired) electrons. The lowest BCUT2D eigenvalue weighted by Crippen LogP contribution is -2.62. The summed E-state index contributed by atoms with van der Waals surface area (Å²) in [5.41, 5.74) is 0. The van der Waals surface area contributed by atoms with Crippen LogP contribution in [0.3, 0.4) is 0 Å². The molecule has 0 aromatic rings. The average Bonchev–Trinajstić information content (AvgIpc) is 3.07. The van der Waals surface area contributed by atoms with Crippen LogP contribution in [0.25, 0.3) is 0 Å². The first-order chi connectivity index (χ1) is 24.3. The zero-order chi connectivity index (χ0) is 37.2. The average molecular weight is 721 g/mol. The van der Waals surface area contributed by atoms with E-state index in [1.165, 1.54) is 77.0 Å². The van der Waals surface area contributed by atoms with E-state index in [9.17, 15) is 35.1 Å². The molecule has 0 aliphatic rings. The molecule has 0 aromatic heterocycles. The van der Waals surface area contributed by atoms with Gasteiger partial charge in [-0.15, -0.1) is 0 Å². The Morgan fingerprint density at radius 3 is 1.02 bits per heavy atom. The first-order valence-corrected chi connectivity index (χ1v) is 20.4. The topological polar surface area (TPSA) is 154 Å². The molecular weight excluding hydrogens is 640 g/mol. The minimum atomic E-state index is -0.915. The Kier molecular flexibility index (Phi) is 32.6. The number of hydrogen-bond acceptors (Lipinski definition) is 9. The predicted molar refractivity (Wildman–Crippen MR) is 199 cm³/mol. The van der Waals surface area contributed by atoms with Gasteiger partial charge in [0, 0.05) is 12.8 Å². The summed E-state index contributed by atoms with van der Waals surface area (Å²) in [4.78, 5) is 24.9. The van der Waals surface area contributed by atoms with Crippen LogP contribution in [0.4, 0.5) is 0 Å². The molecule has 0 atom stereocenters. The van der Waals surface area contributed by atoms with E-state index in [1.54, 1.807) is 0 Å². The van der Waals surface area contributed by atoms with E-state index in [0.29, 0.717) is 25.9 Å². The number of nitrogens with zero attached hydrogens (tertiary/aromatic N) is 2. The highest BCUT2D eigenvalue weighted by Crippen LogP contribution is 2.16. The molecule has 0 rings (SSSR count). The number of carbonyl (C=O) groups excluding carboxylic acids is 2. The van der Waals surface area contributed by atoms with Crippen molar-refractivity contribution < 1.29 is 53.6 Å². The van der Waals surface area contributed by atoms with Crippen LogP contribution < -0.4 is 0 Å². The molecular formula is C39H80N2O9+2. The molecule has 0 amide bonds. The van der Waals surface area contributed by atoms with E-state index in [0.717, 1.165) is 38.5 Å². The molecule has 0 heterocycles. The summed E-state index contributed by atoms with van der Waals surface area (Å²) in [7, 11) is 0. The fourth-order valence-electron chi connectivity index (χ4n) is 7.03. The van der Waals surface area contributed by atoms with E-state index in [1.807, 2.05) is 0 Å². The van der Waals surface area contributed by atoms with Gasteiger partial charge in [0.15, 0.2) is 6.10 Å². The van der Waals surface area contributed by atoms with E-state index >= 15 is 0 Å². The van der Waals surface area contributed by atoms with Crippen LogP contribution in [-0.2, 0) is 19.1 Å². The highest BCUT2D eigenvalue weighted by atomic mass is 16.5. The van der Waals surface area contributed by atoms with Gasteiger partial charge in [-0.3, -0.25) is 9.59 Å². The molecule has 0 aliphatic carbocycles. The molecule has 0 saturated carbocycles. The number of quaternary nitrogens is 2. The lowest BCUT2D eigenvalue weighted by molar-refractivity contribution is -0.951. The second-order valence-electron chi connectivity index (χ2n) is 14.5. The van der Waals surface area contributed by atoms with Crippen LogP contribution in [0, 0.1) is 0 Å². The maximum absolute atomic E-state index is 12.4. The monoisotopic (exact) mass is 721 g/mol. The Hall–Kier alpha value is -1.34. The zero-order valence-corrected chi connectivity index (χ0v) is 32.4. The van der Waals surface area contributed by atoms with Crippen LogP contribution in [0.2, 0.25) is 0 Å². The fraction of sp³-hybridized carbons (Fsp3) is 0.949. The molecule has 50 heavy (non-hydrogen) atoms. The third-order valence-corrected chi connectivity index (χ3v) is 10.1. The van der Waals surface area contributed by atoms with Gasteiger partial charge in [-0.25, -0.2) is 0 Å². The Morgan fingerprint density at radius 1 is 0.460 bits per heavy atom. The third kappa shape index (κ3) is 26.4. The molecule has 0 aliphatic heterocycles. The van der Waals surface area contributed by atoms with Crippen molar-refractivity contribution in [2.45, 2.75) is 148 Å². The number of rotatable bonds is 38. The molecule has 0 fully saturated rings. The summed E-state index contributed by atoms with van der Waals surface area (Å²) < 4.78 is 11.4. The van der Waals surface area contributed by atoms with Gasteiger partial charge in [0.25, 0.3) is 0 Å². The predicted octanol–water partition coefficient (Wildman–Crippen LogP) is 4.88. The van der Waals surface area contributed by atoms with Crippen molar-refractivity contribution in [1.29, 1.82) is 0 Å². The lowest BCUT2D eigenvalue weighted by atomic mass is 10.1. The Labute approximate surface area is 305 Å². The van der Waals surface area contributed by atoms with Gasteiger partial charge < -0.3 is 44.0 Å². The number of esters is 2. The molecule has 0 unspecified atom stereocenters. The fourth-order valence-corrected chi connectivity index (χ4v) is 7.03. The van der Waals surface area contributed by atoms with Crippen molar-refractivity contribution in [3.8, 4) is 0 Å². The number of carbonyl (C=O) groups is 2. The third-order valence-electron chi connectivity index (χ3n) is 10.1. The van der Waals surface area contributed by atoms with Crippen molar-refractivity contribution in [3.63, 3.8) is 0 Å². The van der Waals surface area contributed by atoms with E-state index in [2.05, 4.69) is 13.8 Å². The first-order valence-electron chi connectivity index (χ1n) is 20.4. The molecule has 5 N–H and O–H groups in total. The van der Waals surface area contributed by atoms with E-state index < -0.39 is 6.10 Å². The molecule has 0 spiro atoms. The van der Waals surface area contributed by atoms with Crippen LogP contribution in [0.5, 0.6) is 0 Å². The van der Waals surface area contributed by atoms with Gasteiger partial charge in [-0.2, -0.15) is 0 Å². The van der Waals surface area contributed by atoms with Gasteiger partial charge >= 0.3 is 11.9 Å². The molecule has 298 valence electrons.